The fraction of sp³-hybridized carbons (Fsp3) is 1.00. The van der Waals surface area contributed by atoms with Crippen molar-refractivity contribution in [2.24, 2.45) is 0 Å². The van der Waals surface area contributed by atoms with Crippen LogP contribution in [0.25, 0.3) is 0 Å². The van der Waals surface area contributed by atoms with E-state index in [1.807, 2.05) is 0 Å². The van der Waals surface area contributed by atoms with E-state index in [-0.39, 0.29) is 18.1 Å². The van der Waals surface area contributed by atoms with Gasteiger partial charge in [0, 0.05) is 0 Å². The van der Waals surface area contributed by atoms with Gasteiger partial charge >= 0.3 is 91.0 Å². The third kappa shape index (κ3) is 2.49. The quantitative estimate of drug-likeness (QED) is 0.498. The third-order valence-corrected chi connectivity index (χ3v) is 26.1. The molecule has 0 aromatic carbocycles. The molecule has 0 aliphatic heterocycles. The first-order valence-electron chi connectivity index (χ1n) is 4.59. The Labute approximate surface area is 90.7 Å². The summed E-state index contributed by atoms with van der Waals surface area (Å²) < 4.78 is 0. The molecule has 0 atom stereocenters. The van der Waals surface area contributed by atoms with Crippen LogP contribution in [0.4, 0.5) is 0 Å². The Kier molecular flexibility index (Phi) is 6.02. The predicted molar refractivity (Wildman–Crippen MR) is 59.6 cm³/mol. The van der Waals surface area contributed by atoms with Crippen LogP contribution < -0.4 is 0 Å². The van der Waals surface area contributed by atoms with Crippen LogP contribution in [0.5, 0.6) is 0 Å². The molecular weight excluding hydrogens is 371 g/mol. The van der Waals surface area contributed by atoms with E-state index in [1.165, 1.54) is 0 Å². The maximum absolute atomic E-state index is 6.27. The molecule has 0 unspecified atom stereocenters. The zero-order chi connectivity index (χ0) is 9.94. The van der Waals surface area contributed by atoms with Gasteiger partial charge in [-0.25, -0.2) is 0 Å². The summed E-state index contributed by atoms with van der Waals surface area (Å²) in [6.45, 7) is 14.2. The molecule has 0 heterocycles. The number of halogens is 1. The topological polar surface area (TPSA) is 0 Å². The normalized spacial score (nSPS) is 15.2. The minimum atomic E-state index is -1.14. The number of hydrogen-bond donors (Lipinski definition) is 0. The van der Waals surface area contributed by atoms with Crippen LogP contribution >= 0.6 is 14.3 Å². The second-order valence-corrected chi connectivity index (χ2v) is 19.0. The van der Waals surface area contributed by atoms with Crippen LogP contribution in [-0.2, 0) is 18.1 Å². The van der Waals surface area contributed by atoms with Crippen molar-refractivity contribution in [3.63, 3.8) is 0 Å². The first-order chi connectivity index (χ1) is 5.39. The van der Waals surface area contributed by atoms with E-state index in [0.29, 0.717) is 0 Å². The molecule has 0 aromatic rings. The Morgan fingerprint density at radius 2 is 1.08 bits per heavy atom. The van der Waals surface area contributed by atoms with Crippen molar-refractivity contribution < 1.29 is 18.1 Å². The SMILES string of the molecule is CC(C)[PH]([Au][Cl])(C(C)C)C(C)C. The summed E-state index contributed by atoms with van der Waals surface area (Å²) in [6.07, 6.45) is 0. The van der Waals surface area contributed by atoms with Crippen LogP contribution in [0.1, 0.15) is 41.5 Å². The van der Waals surface area contributed by atoms with Gasteiger partial charge in [-0.15, -0.1) is 0 Å². The molecule has 0 aliphatic rings. The van der Waals surface area contributed by atoms with Crippen molar-refractivity contribution in [3.8, 4) is 0 Å². The summed E-state index contributed by atoms with van der Waals surface area (Å²) in [5, 5.41) is -1.14. The molecule has 0 N–H and O–H groups in total. The molecule has 0 amide bonds. The standard InChI is InChI=1S/C9H21P.Au.ClH/c1-7(2)10(8(3)4)9(5)6;;/h7-9H,1-6H3;;1H. The predicted octanol–water partition coefficient (Wildman–Crippen LogP) is 4.11. The van der Waals surface area contributed by atoms with E-state index >= 15 is 0 Å². The number of rotatable bonds is 4. The van der Waals surface area contributed by atoms with Gasteiger partial charge < -0.3 is 0 Å². The van der Waals surface area contributed by atoms with E-state index in [0.717, 1.165) is 17.0 Å². The summed E-state index contributed by atoms with van der Waals surface area (Å²) >= 11 is 0.0579. The summed E-state index contributed by atoms with van der Waals surface area (Å²) in [6, 6.07) is 0. The molecule has 12 heavy (non-hydrogen) atoms. The molecule has 81 valence electrons. The fourth-order valence-electron chi connectivity index (χ4n) is 2.20. The molecule has 0 saturated heterocycles. The van der Waals surface area contributed by atoms with E-state index < -0.39 is 5.15 Å². The average Bonchev–Trinajstić information content (AvgIpc) is 1.86. The van der Waals surface area contributed by atoms with Gasteiger partial charge in [-0.2, -0.15) is 0 Å². The van der Waals surface area contributed by atoms with Crippen LogP contribution in [0.15, 0.2) is 0 Å². The van der Waals surface area contributed by atoms with Crippen molar-refractivity contribution in [2.75, 3.05) is 0 Å². The first kappa shape index (κ1) is 13.5. The molecule has 0 aliphatic carbocycles. The summed E-state index contributed by atoms with van der Waals surface area (Å²) in [5.41, 5.74) is 2.53. The Bertz CT molecular complexity index is 113. The molecule has 0 bridgehead atoms. The van der Waals surface area contributed by atoms with E-state index in [1.54, 1.807) is 0 Å². The average molecular weight is 394 g/mol. The Morgan fingerprint density at radius 3 is 1.08 bits per heavy atom. The van der Waals surface area contributed by atoms with Gasteiger partial charge in [0.15, 0.2) is 0 Å². The molecule has 0 aromatic heterocycles. The molecule has 0 radical (unpaired) electrons. The van der Waals surface area contributed by atoms with Crippen molar-refractivity contribution >= 4 is 14.3 Å². The Balaban J connectivity index is 4.77. The van der Waals surface area contributed by atoms with E-state index in [9.17, 15) is 0 Å². The molecule has 0 spiro atoms. The zero-order valence-electron chi connectivity index (χ0n) is 8.91. The van der Waals surface area contributed by atoms with Crippen LogP contribution in [0.3, 0.4) is 0 Å². The molecule has 0 rings (SSSR count). The second kappa shape index (κ2) is 5.37. The second-order valence-electron chi connectivity index (χ2n) is 4.28. The van der Waals surface area contributed by atoms with Crippen molar-refractivity contribution in [1.82, 2.24) is 0 Å². The molecule has 3 heteroatoms. The van der Waals surface area contributed by atoms with Gasteiger partial charge in [-0.3, -0.25) is 0 Å². The van der Waals surface area contributed by atoms with E-state index in [2.05, 4.69) is 41.5 Å². The fourth-order valence-corrected chi connectivity index (χ4v) is 20.5. The van der Waals surface area contributed by atoms with Crippen molar-refractivity contribution in [2.45, 2.75) is 58.5 Å². The zero-order valence-corrected chi connectivity index (χ0v) is 12.8. The van der Waals surface area contributed by atoms with Gasteiger partial charge in [0.05, 0.1) is 0 Å². The summed E-state index contributed by atoms with van der Waals surface area (Å²) in [7, 11) is 6.27. The van der Waals surface area contributed by atoms with Crippen molar-refractivity contribution in [3.05, 3.63) is 0 Å². The first-order valence-corrected chi connectivity index (χ1v) is 12.6. The van der Waals surface area contributed by atoms with Crippen LogP contribution in [0.2, 0.25) is 0 Å². The molecule has 0 saturated carbocycles. The molecular formula is C9H22AuClP. The molecule has 0 fully saturated rings. The van der Waals surface area contributed by atoms with E-state index in [4.69, 9.17) is 9.19 Å². The van der Waals surface area contributed by atoms with Gasteiger partial charge in [0.2, 0.25) is 0 Å². The van der Waals surface area contributed by atoms with Gasteiger partial charge in [-0.1, -0.05) is 0 Å². The van der Waals surface area contributed by atoms with Gasteiger partial charge in [-0.05, 0) is 0 Å². The summed E-state index contributed by atoms with van der Waals surface area (Å²) in [5.74, 6) is 0. The summed E-state index contributed by atoms with van der Waals surface area (Å²) in [4.78, 5) is 0. The Hall–Kier alpha value is 1.46. The molecule has 0 nitrogen and oxygen atoms in total. The van der Waals surface area contributed by atoms with Crippen molar-refractivity contribution in [1.29, 1.82) is 0 Å². The number of hydrogen-bond acceptors (Lipinski definition) is 0. The Morgan fingerprint density at radius 1 is 0.833 bits per heavy atom. The van der Waals surface area contributed by atoms with Gasteiger partial charge in [0.25, 0.3) is 0 Å². The monoisotopic (exact) mass is 393 g/mol. The minimum absolute atomic E-state index is 0.0579. The van der Waals surface area contributed by atoms with Gasteiger partial charge in [0.1, 0.15) is 0 Å². The van der Waals surface area contributed by atoms with Crippen LogP contribution in [0, 0.1) is 0 Å². The third-order valence-electron chi connectivity index (χ3n) is 2.62. The van der Waals surface area contributed by atoms with Crippen LogP contribution in [-0.4, -0.2) is 17.0 Å². The maximum atomic E-state index is 6.27.